The van der Waals surface area contributed by atoms with Crippen molar-refractivity contribution < 1.29 is 4.79 Å². The third kappa shape index (κ3) is 2.03. The molecule has 86 valence electrons. The highest BCUT2D eigenvalue weighted by Gasteiger charge is 2.20. The van der Waals surface area contributed by atoms with Crippen LogP contribution in [0.5, 0.6) is 0 Å². The van der Waals surface area contributed by atoms with E-state index in [2.05, 4.69) is 36.2 Å². The fraction of sp³-hybridized carbons (Fsp3) is 0.286. The summed E-state index contributed by atoms with van der Waals surface area (Å²) in [6.45, 7) is 2.08. The second-order valence-corrected chi connectivity index (χ2v) is 5.56. The zero-order valence-electron chi connectivity index (χ0n) is 9.69. The maximum absolute atomic E-state index is 11.4. The highest BCUT2D eigenvalue weighted by atomic mass is 32.1. The fourth-order valence-electron chi connectivity index (χ4n) is 2.14. The van der Waals surface area contributed by atoms with Crippen LogP contribution in [0.2, 0.25) is 0 Å². The van der Waals surface area contributed by atoms with E-state index in [0.29, 0.717) is 18.6 Å². The number of benzene rings is 1. The van der Waals surface area contributed by atoms with Gasteiger partial charge < -0.3 is 0 Å². The Balaban J connectivity index is 2.02. The minimum atomic E-state index is 0.344. The topological polar surface area (TPSA) is 30.0 Å². The number of rotatable bonds is 1. The number of carbonyl (C=O) groups is 1. The first-order valence-corrected chi connectivity index (χ1v) is 6.61. The van der Waals surface area contributed by atoms with Crippen LogP contribution in [0.3, 0.4) is 0 Å². The van der Waals surface area contributed by atoms with Gasteiger partial charge in [-0.3, -0.25) is 4.79 Å². The zero-order valence-corrected chi connectivity index (χ0v) is 10.5. The standard InChI is InChI=1S/C14H13NOS/c1-9-3-2-4-10(7-9)14-15-12-6-5-11(16)8-13(12)17-14/h2-4,7H,5-6,8H2,1H3. The summed E-state index contributed by atoms with van der Waals surface area (Å²) in [5, 5.41) is 1.05. The Labute approximate surface area is 104 Å². The number of nitrogens with zero attached hydrogens (tertiary/aromatic N) is 1. The van der Waals surface area contributed by atoms with Crippen LogP contribution in [0.4, 0.5) is 0 Å². The quantitative estimate of drug-likeness (QED) is 0.770. The molecule has 0 radical (unpaired) electrons. The second kappa shape index (κ2) is 4.08. The van der Waals surface area contributed by atoms with E-state index < -0.39 is 0 Å². The molecule has 3 rings (SSSR count). The van der Waals surface area contributed by atoms with Crippen molar-refractivity contribution in [3.05, 3.63) is 40.4 Å². The lowest BCUT2D eigenvalue weighted by molar-refractivity contribution is -0.118. The lowest BCUT2D eigenvalue weighted by atomic mass is 10.0. The van der Waals surface area contributed by atoms with Crippen molar-refractivity contribution in [2.45, 2.75) is 26.2 Å². The molecule has 1 aliphatic carbocycles. The number of thiazole rings is 1. The minimum absolute atomic E-state index is 0.344. The average Bonchev–Trinajstić information content (AvgIpc) is 2.72. The number of carbonyl (C=O) groups excluding carboxylic acids is 1. The van der Waals surface area contributed by atoms with E-state index in [4.69, 9.17) is 0 Å². The van der Waals surface area contributed by atoms with Gasteiger partial charge in [-0.1, -0.05) is 23.8 Å². The van der Waals surface area contributed by atoms with Gasteiger partial charge in [0, 0.05) is 23.3 Å². The normalized spacial score (nSPS) is 14.8. The second-order valence-electron chi connectivity index (χ2n) is 4.47. The van der Waals surface area contributed by atoms with Crippen LogP contribution < -0.4 is 0 Å². The number of aromatic nitrogens is 1. The van der Waals surface area contributed by atoms with Crippen molar-refractivity contribution >= 4 is 17.1 Å². The van der Waals surface area contributed by atoms with E-state index in [1.807, 2.05) is 0 Å². The van der Waals surface area contributed by atoms with E-state index >= 15 is 0 Å². The Morgan fingerprint density at radius 1 is 1.29 bits per heavy atom. The number of Topliss-reactive ketones (excluding diaryl/α,β-unsaturated/α-hetero) is 1. The van der Waals surface area contributed by atoms with E-state index in [1.165, 1.54) is 5.56 Å². The predicted molar refractivity (Wildman–Crippen MR) is 69.3 cm³/mol. The van der Waals surface area contributed by atoms with E-state index in [0.717, 1.165) is 27.6 Å². The van der Waals surface area contributed by atoms with Gasteiger partial charge in [-0.2, -0.15) is 0 Å². The molecule has 0 amide bonds. The number of fused-ring (bicyclic) bond motifs is 1. The molecule has 1 aromatic heterocycles. The van der Waals surface area contributed by atoms with Gasteiger partial charge in [0.1, 0.15) is 10.8 Å². The molecule has 1 aromatic carbocycles. The van der Waals surface area contributed by atoms with Crippen LogP contribution in [0.1, 0.15) is 22.6 Å². The first-order chi connectivity index (χ1) is 8.22. The van der Waals surface area contributed by atoms with Crippen LogP contribution in [-0.4, -0.2) is 10.8 Å². The van der Waals surface area contributed by atoms with Gasteiger partial charge in [0.2, 0.25) is 0 Å². The third-order valence-electron chi connectivity index (χ3n) is 3.04. The summed E-state index contributed by atoms with van der Waals surface area (Å²) in [7, 11) is 0. The van der Waals surface area contributed by atoms with Gasteiger partial charge >= 0.3 is 0 Å². The smallest absolute Gasteiger partial charge is 0.138 e. The third-order valence-corrected chi connectivity index (χ3v) is 4.19. The van der Waals surface area contributed by atoms with Crippen molar-refractivity contribution in [3.8, 4) is 10.6 Å². The number of ketones is 1. The Morgan fingerprint density at radius 3 is 3.00 bits per heavy atom. The molecule has 0 aliphatic heterocycles. The van der Waals surface area contributed by atoms with Crippen molar-refractivity contribution in [1.82, 2.24) is 4.98 Å². The van der Waals surface area contributed by atoms with Gasteiger partial charge in [0.05, 0.1) is 5.69 Å². The molecule has 0 N–H and O–H groups in total. The molecular weight excluding hydrogens is 230 g/mol. The summed E-state index contributed by atoms with van der Waals surface area (Å²) < 4.78 is 0. The Hall–Kier alpha value is -1.48. The predicted octanol–water partition coefficient (Wildman–Crippen LogP) is 3.18. The summed E-state index contributed by atoms with van der Waals surface area (Å²) in [4.78, 5) is 17.2. The van der Waals surface area contributed by atoms with Gasteiger partial charge in [0.25, 0.3) is 0 Å². The van der Waals surface area contributed by atoms with Crippen LogP contribution in [-0.2, 0) is 17.6 Å². The number of aryl methyl sites for hydroxylation is 2. The molecule has 3 heteroatoms. The summed E-state index contributed by atoms with van der Waals surface area (Å²) >= 11 is 1.67. The Bertz CT molecular complexity index is 586. The molecule has 0 saturated heterocycles. The Morgan fingerprint density at radius 2 is 2.18 bits per heavy atom. The van der Waals surface area contributed by atoms with Crippen molar-refractivity contribution in [2.75, 3.05) is 0 Å². The van der Waals surface area contributed by atoms with Crippen molar-refractivity contribution in [2.24, 2.45) is 0 Å². The molecule has 1 heterocycles. The summed E-state index contributed by atoms with van der Waals surface area (Å²) in [6, 6.07) is 8.36. The Kier molecular flexibility index (Phi) is 2.56. The van der Waals surface area contributed by atoms with Gasteiger partial charge in [-0.25, -0.2) is 4.98 Å². The van der Waals surface area contributed by atoms with E-state index in [9.17, 15) is 4.79 Å². The molecular formula is C14H13NOS. The minimum Gasteiger partial charge on any atom is -0.299 e. The molecule has 1 aliphatic rings. The SMILES string of the molecule is Cc1cccc(-c2nc3c(s2)CC(=O)CC3)c1. The van der Waals surface area contributed by atoms with E-state index in [-0.39, 0.29) is 0 Å². The van der Waals surface area contributed by atoms with Crippen LogP contribution in [0.15, 0.2) is 24.3 Å². The lowest BCUT2D eigenvalue weighted by Crippen LogP contribution is -2.11. The number of hydrogen-bond donors (Lipinski definition) is 0. The molecule has 2 aromatic rings. The fourth-order valence-corrected chi connectivity index (χ4v) is 3.28. The van der Waals surface area contributed by atoms with Crippen LogP contribution >= 0.6 is 11.3 Å². The summed E-state index contributed by atoms with van der Waals surface area (Å²) in [6.07, 6.45) is 2.05. The highest BCUT2D eigenvalue weighted by Crippen LogP contribution is 2.31. The van der Waals surface area contributed by atoms with Gasteiger partial charge in [0.15, 0.2) is 0 Å². The first-order valence-electron chi connectivity index (χ1n) is 5.80. The largest absolute Gasteiger partial charge is 0.299 e. The van der Waals surface area contributed by atoms with Crippen molar-refractivity contribution in [3.63, 3.8) is 0 Å². The molecule has 0 bridgehead atoms. The molecule has 0 fully saturated rings. The molecule has 2 nitrogen and oxygen atoms in total. The monoisotopic (exact) mass is 243 g/mol. The molecule has 0 saturated carbocycles. The number of hydrogen-bond acceptors (Lipinski definition) is 3. The van der Waals surface area contributed by atoms with E-state index in [1.54, 1.807) is 11.3 Å². The maximum atomic E-state index is 11.4. The summed E-state index contributed by atoms with van der Waals surface area (Å²) in [5.74, 6) is 0.344. The molecule has 17 heavy (non-hydrogen) atoms. The van der Waals surface area contributed by atoms with Gasteiger partial charge in [-0.05, 0) is 19.4 Å². The summed E-state index contributed by atoms with van der Waals surface area (Å²) in [5.41, 5.74) is 3.54. The zero-order chi connectivity index (χ0) is 11.8. The molecule has 0 spiro atoms. The first kappa shape index (κ1) is 10.7. The van der Waals surface area contributed by atoms with Crippen LogP contribution in [0.25, 0.3) is 10.6 Å². The molecule has 0 atom stereocenters. The van der Waals surface area contributed by atoms with Crippen molar-refractivity contribution in [1.29, 1.82) is 0 Å². The van der Waals surface area contributed by atoms with Crippen LogP contribution in [0, 0.1) is 6.92 Å². The molecule has 0 unspecified atom stereocenters. The lowest BCUT2D eigenvalue weighted by Gasteiger charge is -2.06. The highest BCUT2D eigenvalue weighted by molar-refractivity contribution is 7.15. The average molecular weight is 243 g/mol. The van der Waals surface area contributed by atoms with Gasteiger partial charge in [-0.15, -0.1) is 11.3 Å². The maximum Gasteiger partial charge on any atom is 0.138 e.